The summed E-state index contributed by atoms with van der Waals surface area (Å²) in [4.78, 5) is 15.9. The fraction of sp³-hybridized carbons (Fsp3) is 0.250. The van der Waals surface area contributed by atoms with Crippen LogP contribution in [0.5, 0.6) is 0 Å². The van der Waals surface area contributed by atoms with Crippen LogP contribution in [0.15, 0.2) is 29.4 Å². The Bertz CT molecular complexity index is 586. The average molecular weight is 312 g/mol. The molecule has 0 bridgehead atoms. The molecule has 1 atom stereocenters. The summed E-state index contributed by atoms with van der Waals surface area (Å²) in [5.41, 5.74) is 6.41. The van der Waals surface area contributed by atoms with Crippen LogP contribution in [0, 0.1) is 0 Å². The highest BCUT2D eigenvalue weighted by Crippen LogP contribution is 2.19. The smallest absolute Gasteiger partial charge is 0.233 e. The Morgan fingerprint density at radius 1 is 1.50 bits per heavy atom. The lowest BCUT2D eigenvalue weighted by molar-refractivity contribution is -0.120. The van der Waals surface area contributed by atoms with Gasteiger partial charge in [0, 0.05) is 11.6 Å². The molecule has 0 unspecified atom stereocenters. The first kappa shape index (κ1) is 14.7. The predicted octanol–water partition coefficient (Wildman–Crippen LogP) is 1.84. The number of hydrogen-bond acceptors (Lipinski definition) is 5. The topological polar surface area (TPSA) is 96.7 Å². The molecule has 2 aromatic rings. The van der Waals surface area contributed by atoms with E-state index in [2.05, 4.69) is 20.5 Å². The number of benzene rings is 1. The molecular weight excluding hydrogens is 298 g/mol. The number of aromatic nitrogens is 3. The number of aromatic amines is 1. The van der Waals surface area contributed by atoms with Crippen molar-refractivity contribution in [3.8, 4) is 0 Å². The number of carbonyl (C=O) groups excluding carboxylic acids is 1. The van der Waals surface area contributed by atoms with E-state index < -0.39 is 0 Å². The molecular formula is C12H14ClN5OS. The van der Waals surface area contributed by atoms with E-state index >= 15 is 0 Å². The summed E-state index contributed by atoms with van der Waals surface area (Å²) in [5, 5.41) is 10.1. The van der Waals surface area contributed by atoms with Crippen LogP contribution in [0.4, 0.5) is 5.95 Å². The Balaban J connectivity index is 1.83. The summed E-state index contributed by atoms with van der Waals surface area (Å²) in [6, 6.07) is 7.32. The molecule has 4 N–H and O–H groups in total. The Morgan fingerprint density at radius 3 is 2.80 bits per heavy atom. The summed E-state index contributed by atoms with van der Waals surface area (Å²) in [6.07, 6.45) is 0. The minimum absolute atomic E-state index is 0.0895. The van der Waals surface area contributed by atoms with Gasteiger partial charge in [-0.1, -0.05) is 35.5 Å². The average Bonchev–Trinajstić information content (AvgIpc) is 2.83. The molecule has 1 amide bonds. The van der Waals surface area contributed by atoms with Gasteiger partial charge in [0.15, 0.2) is 0 Å². The highest BCUT2D eigenvalue weighted by molar-refractivity contribution is 8.00. The summed E-state index contributed by atoms with van der Waals surface area (Å²) in [7, 11) is 0. The Morgan fingerprint density at radius 2 is 2.20 bits per heavy atom. The molecule has 0 aliphatic carbocycles. The number of amides is 1. The van der Waals surface area contributed by atoms with E-state index in [-0.39, 0.29) is 17.1 Å². The lowest BCUT2D eigenvalue weighted by atomic mass is 10.2. The Hall–Kier alpha value is -1.73. The molecule has 0 fully saturated rings. The van der Waals surface area contributed by atoms with Crippen molar-refractivity contribution >= 4 is 35.2 Å². The van der Waals surface area contributed by atoms with Crippen LogP contribution in [0.25, 0.3) is 0 Å². The number of hydrogen-bond donors (Lipinski definition) is 3. The summed E-state index contributed by atoms with van der Waals surface area (Å²) in [5.74, 6) is 0.148. The highest BCUT2D eigenvalue weighted by atomic mass is 35.5. The first-order chi connectivity index (χ1) is 9.54. The van der Waals surface area contributed by atoms with Gasteiger partial charge in [0.1, 0.15) is 0 Å². The maximum atomic E-state index is 11.9. The van der Waals surface area contributed by atoms with E-state index in [1.807, 2.05) is 12.1 Å². The third-order valence-corrected chi connectivity index (χ3v) is 3.73. The predicted molar refractivity (Wildman–Crippen MR) is 79.4 cm³/mol. The fourth-order valence-corrected chi connectivity index (χ4v) is 2.34. The van der Waals surface area contributed by atoms with Gasteiger partial charge in [0.05, 0.1) is 5.25 Å². The van der Waals surface area contributed by atoms with Crippen LogP contribution < -0.4 is 11.1 Å². The molecule has 1 aromatic heterocycles. The number of rotatable bonds is 5. The van der Waals surface area contributed by atoms with Gasteiger partial charge in [0.25, 0.3) is 0 Å². The monoisotopic (exact) mass is 311 g/mol. The van der Waals surface area contributed by atoms with Crippen LogP contribution >= 0.6 is 23.4 Å². The first-order valence-corrected chi connectivity index (χ1v) is 7.17. The first-order valence-electron chi connectivity index (χ1n) is 5.91. The standard InChI is InChI=1S/C12H14ClN5OS/c1-7(20-12-16-11(14)17-18-12)10(19)15-6-8-2-4-9(13)5-3-8/h2-5,7H,6H2,1H3,(H,15,19)(H3,14,16,17,18)/t7-/m1/s1. The van der Waals surface area contributed by atoms with Gasteiger partial charge in [0.2, 0.25) is 17.0 Å². The number of nitrogens with zero attached hydrogens (tertiary/aromatic N) is 2. The second-order valence-corrected chi connectivity index (χ2v) is 5.85. The zero-order valence-electron chi connectivity index (χ0n) is 10.8. The molecule has 1 heterocycles. The lowest BCUT2D eigenvalue weighted by Crippen LogP contribution is -2.30. The molecule has 1 aromatic carbocycles. The van der Waals surface area contributed by atoms with Crippen molar-refractivity contribution in [2.45, 2.75) is 23.9 Å². The van der Waals surface area contributed by atoms with Crippen LogP contribution in [-0.4, -0.2) is 26.3 Å². The number of nitrogens with one attached hydrogen (secondary N) is 2. The maximum absolute atomic E-state index is 11.9. The molecule has 0 saturated heterocycles. The van der Waals surface area contributed by atoms with E-state index in [4.69, 9.17) is 17.3 Å². The number of H-pyrrole nitrogens is 1. The molecule has 106 valence electrons. The van der Waals surface area contributed by atoms with Crippen LogP contribution in [0.3, 0.4) is 0 Å². The summed E-state index contributed by atoms with van der Waals surface area (Å²) in [6.45, 7) is 2.24. The van der Waals surface area contributed by atoms with E-state index in [1.54, 1.807) is 19.1 Å². The van der Waals surface area contributed by atoms with Gasteiger partial charge < -0.3 is 11.1 Å². The van der Waals surface area contributed by atoms with Gasteiger partial charge in [-0.05, 0) is 24.6 Å². The highest BCUT2D eigenvalue weighted by Gasteiger charge is 2.16. The second kappa shape index (κ2) is 6.62. The molecule has 0 aliphatic heterocycles. The third kappa shape index (κ3) is 4.14. The van der Waals surface area contributed by atoms with E-state index in [9.17, 15) is 4.79 Å². The van der Waals surface area contributed by atoms with Crippen LogP contribution in [0.1, 0.15) is 12.5 Å². The Kier molecular flexibility index (Phi) is 4.86. The van der Waals surface area contributed by atoms with Crippen molar-refractivity contribution in [1.82, 2.24) is 20.5 Å². The van der Waals surface area contributed by atoms with Gasteiger partial charge in [-0.3, -0.25) is 4.79 Å². The molecule has 20 heavy (non-hydrogen) atoms. The van der Waals surface area contributed by atoms with Crippen LogP contribution in [-0.2, 0) is 11.3 Å². The van der Waals surface area contributed by atoms with E-state index in [1.165, 1.54) is 11.8 Å². The molecule has 0 spiro atoms. The van der Waals surface area contributed by atoms with Crippen molar-refractivity contribution in [2.75, 3.05) is 5.73 Å². The van der Waals surface area contributed by atoms with Crippen LogP contribution in [0.2, 0.25) is 5.02 Å². The van der Waals surface area contributed by atoms with Crippen molar-refractivity contribution < 1.29 is 4.79 Å². The fourth-order valence-electron chi connectivity index (χ4n) is 1.46. The SMILES string of the molecule is C[C@@H](Sc1n[nH]c(N)n1)C(=O)NCc1ccc(Cl)cc1. The largest absolute Gasteiger partial charge is 0.368 e. The number of nitrogen functional groups attached to an aromatic ring is 1. The molecule has 0 aliphatic rings. The minimum atomic E-state index is -0.308. The molecule has 8 heteroatoms. The number of carbonyl (C=O) groups is 1. The van der Waals surface area contributed by atoms with Gasteiger partial charge in [-0.25, -0.2) is 5.10 Å². The summed E-state index contributed by atoms with van der Waals surface area (Å²) >= 11 is 7.04. The van der Waals surface area contributed by atoms with Gasteiger partial charge >= 0.3 is 0 Å². The van der Waals surface area contributed by atoms with Gasteiger partial charge in [-0.15, -0.1) is 5.10 Å². The normalized spacial score (nSPS) is 12.1. The molecule has 2 rings (SSSR count). The number of anilines is 1. The molecule has 6 nitrogen and oxygen atoms in total. The zero-order valence-corrected chi connectivity index (χ0v) is 12.3. The van der Waals surface area contributed by atoms with Crippen molar-refractivity contribution in [2.24, 2.45) is 0 Å². The number of thioether (sulfide) groups is 1. The van der Waals surface area contributed by atoms with Crippen molar-refractivity contribution in [1.29, 1.82) is 0 Å². The molecule has 0 radical (unpaired) electrons. The Labute approximate surface area is 125 Å². The zero-order chi connectivity index (χ0) is 14.5. The lowest BCUT2D eigenvalue weighted by Gasteiger charge is -2.10. The minimum Gasteiger partial charge on any atom is -0.368 e. The second-order valence-electron chi connectivity index (χ2n) is 4.11. The van der Waals surface area contributed by atoms with Crippen molar-refractivity contribution in [3.05, 3.63) is 34.9 Å². The maximum Gasteiger partial charge on any atom is 0.233 e. The third-order valence-electron chi connectivity index (χ3n) is 2.51. The van der Waals surface area contributed by atoms with E-state index in [0.29, 0.717) is 16.7 Å². The van der Waals surface area contributed by atoms with Gasteiger partial charge in [-0.2, -0.15) is 4.98 Å². The quantitative estimate of drug-likeness (QED) is 0.732. The number of nitrogens with two attached hydrogens (primary N) is 1. The summed E-state index contributed by atoms with van der Waals surface area (Å²) < 4.78 is 0. The van der Waals surface area contributed by atoms with E-state index in [0.717, 1.165) is 5.56 Å². The van der Waals surface area contributed by atoms with Crippen molar-refractivity contribution in [3.63, 3.8) is 0 Å². The number of halogens is 1. The molecule has 0 saturated carbocycles.